The van der Waals surface area contributed by atoms with Crippen molar-refractivity contribution in [3.05, 3.63) is 0 Å². The fourth-order valence-corrected chi connectivity index (χ4v) is 2.78. The maximum Gasteiger partial charge on any atom is 0.230 e. The molecule has 4 heteroatoms. The van der Waals surface area contributed by atoms with Crippen LogP contribution in [0.4, 0.5) is 0 Å². The van der Waals surface area contributed by atoms with E-state index in [4.69, 9.17) is 0 Å². The van der Waals surface area contributed by atoms with Gasteiger partial charge in [0.1, 0.15) is 0 Å². The van der Waals surface area contributed by atoms with Gasteiger partial charge in [-0.15, -0.1) is 0 Å². The first-order valence-electron chi connectivity index (χ1n) is 6.25. The summed E-state index contributed by atoms with van der Waals surface area (Å²) in [6.07, 6.45) is 3.67. The lowest BCUT2D eigenvalue weighted by Crippen LogP contribution is -2.39. The number of nitrogens with one attached hydrogen (secondary N) is 1. The fourth-order valence-electron chi connectivity index (χ4n) is 2.06. The molecule has 0 aliphatic carbocycles. The number of carbonyl (C=O) groups excluding carboxylic acids is 1. The highest BCUT2D eigenvalue weighted by Crippen LogP contribution is 2.13. The molecule has 0 aromatic carbocycles. The molecule has 0 saturated carbocycles. The third kappa shape index (κ3) is 5.75. The molecule has 1 aliphatic rings. The zero-order valence-corrected chi connectivity index (χ0v) is 11.3. The first-order valence-corrected chi connectivity index (χ1v) is 7.40. The Kier molecular flexibility index (Phi) is 6.88. The van der Waals surface area contributed by atoms with Gasteiger partial charge in [0.15, 0.2) is 0 Å². The van der Waals surface area contributed by atoms with E-state index >= 15 is 0 Å². The van der Waals surface area contributed by atoms with E-state index in [0.717, 1.165) is 25.3 Å². The number of hydrogen-bond donors (Lipinski definition) is 1. The zero-order valence-electron chi connectivity index (χ0n) is 10.5. The van der Waals surface area contributed by atoms with Crippen LogP contribution in [0.1, 0.15) is 26.2 Å². The largest absolute Gasteiger partial charge is 0.355 e. The molecular formula is C12H24N2OS. The molecule has 1 saturated heterocycles. The van der Waals surface area contributed by atoms with Crippen LogP contribution in [0.15, 0.2) is 0 Å². The molecule has 0 bridgehead atoms. The second kappa shape index (κ2) is 7.96. The van der Waals surface area contributed by atoms with Crippen molar-refractivity contribution in [2.24, 2.45) is 5.92 Å². The summed E-state index contributed by atoms with van der Waals surface area (Å²) in [6.45, 7) is 5.33. The number of thioether (sulfide) groups is 1. The van der Waals surface area contributed by atoms with E-state index in [1.807, 2.05) is 0 Å². The van der Waals surface area contributed by atoms with Gasteiger partial charge < -0.3 is 10.2 Å². The standard InChI is InChI=1S/C12H24N2OS/c1-3-7-16-10-12(15)13-8-11-5-4-6-14(2)9-11/h11H,3-10H2,1-2H3,(H,13,15)/t11-/m1/s1. The zero-order chi connectivity index (χ0) is 11.8. The normalized spacial score (nSPS) is 22.0. The summed E-state index contributed by atoms with van der Waals surface area (Å²) in [5.41, 5.74) is 0. The van der Waals surface area contributed by atoms with Gasteiger partial charge in [0.05, 0.1) is 5.75 Å². The van der Waals surface area contributed by atoms with Crippen molar-refractivity contribution in [3.63, 3.8) is 0 Å². The van der Waals surface area contributed by atoms with Gasteiger partial charge in [-0.05, 0) is 44.5 Å². The SMILES string of the molecule is CCCSCC(=O)NC[C@H]1CCCN(C)C1. The number of likely N-dealkylation sites (tertiary alicyclic amines) is 1. The number of hydrogen-bond acceptors (Lipinski definition) is 3. The summed E-state index contributed by atoms with van der Waals surface area (Å²) in [6, 6.07) is 0. The monoisotopic (exact) mass is 244 g/mol. The van der Waals surface area contributed by atoms with Gasteiger partial charge in [-0.3, -0.25) is 4.79 Å². The maximum atomic E-state index is 11.5. The van der Waals surface area contributed by atoms with Gasteiger partial charge in [-0.25, -0.2) is 0 Å². The number of carbonyl (C=O) groups is 1. The molecule has 1 atom stereocenters. The lowest BCUT2D eigenvalue weighted by molar-refractivity contribution is -0.118. The highest BCUT2D eigenvalue weighted by molar-refractivity contribution is 7.99. The molecule has 3 nitrogen and oxygen atoms in total. The van der Waals surface area contributed by atoms with E-state index < -0.39 is 0 Å². The second-order valence-corrected chi connectivity index (χ2v) is 5.73. The third-order valence-electron chi connectivity index (χ3n) is 2.89. The fraction of sp³-hybridized carbons (Fsp3) is 0.917. The molecule has 0 radical (unpaired) electrons. The van der Waals surface area contributed by atoms with E-state index in [0.29, 0.717) is 11.7 Å². The van der Waals surface area contributed by atoms with Crippen LogP contribution in [0, 0.1) is 5.92 Å². The van der Waals surface area contributed by atoms with Crippen LogP contribution < -0.4 is 5.32 Å². The van der Waals surface area contributed by atoms with Gasteiger partial charge in [-0.1, -0.05) is 6.92 Å². The summed E-state index contributed by atoms with van der Waals surface area (Å²) < 4.78 is 0. The van der Waals surface area contributed by atoms with Crippen LogP contribution in [0.3, 0.4) is 0 Å². The Hall–Kier alpha value is -0.220. The van der Waals surface area contributed by atoms with E-state index in [1.165, 1.54) is 19.4 Å². The van der Waals surface area contributed by atoms with Gasteiger partial charge in [0.25, 0.3) is 0 Å². The number of amides is 1. The maximum absolute atomic E-state index is 11.5. The van der Waals surface area contributed by atoms with Crippen molar-refractivity contribution >= 4 is 17.7 Å². The van der Waals surface area contributed by atoms with Crippen LogP contribution in [-0.4, -0.2) is 49.0 Å². The molecule has 0 aromatic rings. The van der Waals surface area contributed by atoms with Crippen molar-refractivity contribution in [1.29, 1.82) is 0 Å². The predicted octanol–water partition coefficient (Wildman–Crippen LogP) is 1.59. The summed E-state index contributed by atoms with van der Waals surface area (Å²) in [4.78, 5) is 13.8. The van der Waals surface area contributed by atoms with E-state index in [9.17, 15) is 4.79 Å². The topological polar surface area (TPSA) is 32.3 Å². The Labute approximate surface area is 103 Å². The van der Waals surface area contributed by atoms with Crippen LogP contribution in [0.25, 0.3) is 0 Å². The second-order valence-electron chi connectivity index (χ2n) is 4.63. The van der Waals surface area contributed by atoms with Crippen molar-refractivity contribution in [2.75, 3.05) is 38.2 Å². The molecule has 16 heavy (non-hydrogen) atoms. The highest BCUT2D eigenvalue weighted by Gasteiger charge is 2.17. The van der Waals surface area contributed by atoms with Crippen molar-refractivity contribution in [1.82, 2.24) is 10.2 Å². The van der Waals surface area contributed by atoms with Gasteiger partial charge in [-0.2, -0.15) is 11.8 Å². The molecule has 1 fully saturated rings. The van der Waals surface area contributed by atoms with Crippen molar-refractivity contribution in [3.8, 4) is 0 Å². The Balaban J connectivity index is 2.06. The molecule has 94 valence electrons. The van der Waals surface area contributed by atoms with Crippen LogP contribution >= 0.6 is 11.8 Å². The Morgan fingerprint density at radius 1 is 1.56 bits per heavy atom. The highest BCUT2D eigenvalue weighted by atomic mass is 32.2. The minimum atomic E-state index is 0.201. The minimum absolute atomic E-state index is 0.201. The molecular weight excluding hydrogens is 220 g/mol. The Morgan fingerprint density at radius 2 is 2.38 bits per heavy atom. The Bertz CT molecular complexity index is 211. The summed E-state index contributed by atoms with van der Waals surface area (Å²) in [5.74, 6) is 2.56. The third-order valence-corrected chi connectivity index (χ3v) is 4.05. The molecule has 0 aromatic heterocycles. The van der Waals surface area contributed by atoms with Gasteiger partial charge in [0, 0.05) is 13.1 Å². The average Bonchev–Trinajstić information content (AvgIpc) is 2.27. The molecule has 1 heterocycles. The minimum Gasteiger partial charge on any atom is -0.355 e. The van der Waals surface area contributed by atoms with Crippen LogP contribution in [0.5, 0.6) is 0 Å². The summed E-state index contributed by atoms with van der Waals surface area (Å²) in [7, 11) is 2.16. The number of piperidine rings is 1. The molecule has 1 aliphatic heterocycles. The lowest BCUT2D eigenvalue weighted by Gasteiger charge is -2.29. The number of rotatable bonds is 6. The predicted molar refractivity (Wildman–Crippen MR) is 70.8 cm³/mol. The number of nitrogens with zero attached hydrogens (tertiary/aromatic N) is 1. The smallest absolute Gasteiger partial charge is 0.230 e. The molecule has 1 N–H and O–H groups in total. The molecule has 0 spiro atoms. The van der Waals surface area contributed by atoms with Gasteiger partial charge >= 0.3 is 0 Å². The van der Waals surface area contributed by atoms with Crippen molar-refractivity contribution in [2.45, 2.75) is 26.2 Å². The Morgan fingerprint density at radius 3 is 3.06 bits per heavy atom. The first-order chi connectivity index (χ1) is 7.72. The van der Waals surface area contributed by atoms with Gasteiger partial charge in [0.2, 0.25) is 5.91 Å². The lowest BCUT2D eigenvalue weighted by atomic mass is 9.98. The van der Waals surface area contributed by atoms with Crippen molar-refractivity contribution < 1.29 is 4.79 Å². The van der Waals surface area contributed by atoms with E-state index in [2.05, 4.69) is 24.2 Å². The van der Waals surface area contributed by atoms with E-state index in [-0.39, 0.29) is 5.91 Å². The van der Waals surface area contributed by atoms with E-state index in [1.54, 1.807) is 11.8 Å². The summed E-state index contributed by atoms with van der Waals surface area (Å²) in [5, 5.41) is 3.05. The average molecular weight is 244 g/mol. The van der Waals surface area contributed by atoms with Crippen LogP contribution in [-0.2, 0) is 4.79 Å². The first kappa shape index (κ1) is 13.8. The molecule has 1 amide bonds. The molecule has 0 unspecified atom stereocenters. The molecule has 1 rings (SSSR count). The van der Waals surface area contributed by atoms with Crippen LogP contribution in [0.2, 0.25) is 0 Å². The summed E-state index contributed by atoms with van der Waals surface area (Å²) >= 11 is 1.73. The quantitative estimate of drug-likeness (QED) is 0.720.